The molecule has 1 aromatic rings. The quantitative estimate of drug-likeness (QED) is 0.806. The van der Waals surface area contributed by atoms with E-state index >= 15 is 0 Å². The monoisotopic (exact) mass is 295 g/mol. The van der Waals surface area contributed by atoms with Crippen molar-refractivity contribution >= 4 is 15.7 Å². The summed E-state index contributed by atoms with van der Waals surface area (Å²) in [7, 11) is -3.75. The molecule has 0 radical (unpaired) electrons. The lowest BCUT2D eigenvalue weighted by atomic mass is 10.0. The van der Waals surface area contributed by atoms with Crippen molar-refractivity contribution < 1.29 is 13.2 Å². The van der Waals surface area contributed by atoms with Crippen LogP contribution in [0.2, 0.25) is 0 Å². The molecule has 1 heterocycles. The molecule has 1 saturated heterocycles. The van der Waals surface area contributed by atoms with Crippen LogP contribution >= 0.6 is 0 Å². The molecule has 0 aliphatic carbocycles. The molecule has 0 amide bonds. The third-order valence-electron chi connectivity index (χ3n) is 3.35. The SMILES string of the molecule is CC1(CNS(=O)(=O)c2ccc(N)cc2C#N)CCCO1. The van der Waals surface area contributed by atoms with Crippen molar-refractivity contribution in [1.29, 1.82) is 5.26 Å². The summed E-state index contributed by atoms with van der Waals surface area (Å²) in [5, 5.41) is 9.01. The molecule has 6 nitrogen and oxygen atoms in total. The molecule has 7 heteroatoms. The normalized spacial score (nSPS) is 22.6. The van der Waals surface area contributed by atoms with Gasteiger partial charge < -0.3 is 10.5 Å². The van der Waals surface area contributed by atoms with Crippen LogP contribution in [-0.4, -0.2) is 27.2 Å². The first-order valence-corrected chi connectivity index (χ1v) is 7.78. The number of nitrogens with one attached hydrogen (secondary N) is 1. The van der Waals surface area contributed by atoms with Crippen molar-refractivity contribution in [1.82, 2.24) is 4.72 Å². The van der Waals surface area contributed by atoms with Gasteiger partial charge >= 0.3 is 0 Å². The van der Waals surface area contributed by atoms with Crippen molar-refractivity contribution in [3.63, 3.8) is 0 Å². The summed E-state index contributed by atoms with van der Waals surface area (Å²) in [4.78, 5) is -0.0594. The number of nitrogen functional groups attached to an aromatic ring is 1. The molecule has 0 bridgehead atoms. The zero-order chi connectivity index (χ0) is 14.8. The first kappa shape index (κ1) is 14.8. The van der Waals surface area contributed by atoms with Crippen LogP contribution in [-0.2, 0) is 14.8 Å². The third kappa shape index (κ3) is 3.10. The van der Waals surface area contributed by atoms with Crippen LogP contribution in [0.5, 0.6) is 0 Å². The van der Waals surface area contributed by atoms with Crippen LogP contribution in [0, 0.1) is 11.3 Å². The largest absolute Gasteiger partial charge is 0.399 e. The Balaban J connectivity index is 2.21. The molecule has 1 unspecified atom stereocenters. The fourth-order valence-corrected chi connectivity index (χ4v) is 3.46. The number of sulfonamides is 1. The van der Waals surface area contributed by atoms with Gasteiger partial charge in [-0.2, -0.15) is 5.26 Å². The van der Waals surface area contributed by atoms with Crippen molar-refractivity contribution in [2.24, 2.45) is 0 Å². The molecule has 1 atom stereocenters. The number of nitriles is 1. The minimum absolute atomic E-state index is 0.0370. The average Bonchev–Trinajstić information content (AvgIpc) is 2.84. The van der Waals surface area contributed by atoms with Crippen LogP contribution in [0.4, 0.5) is 5.69 Å². The predicted molar refractivity (Wildman–Crippen MR) is 74.3 cm³/mol. The Bertz CT molecular complexity index is 643. The highest BCUT2D eigenvalue weighted by Gasteiger charge is 2.31. The van der Waals surface area contributed by atoms with E-state index in [4.69, 9.17) is 15.7 Å². The highest BCUT2D eigenvalue weighted by molar-refractivity contribution is 7.89. The summed E-state index contributed by atoms with van der Waals surface area (Å²) in [6, 6.07) is 6.00. The summed E-state index contributed by atoms with van der Waals surface area (Å²) in [6.45, 7) is 2.70. The Morgan fingerprint density at radius 1 is 1.55 bits per heavy atom. The van der Waals surface area contributed by atoms with E-state index in [1.54, 1.807) is 0 Å². The molecule has 1 aliphatic rings. The summed E-state index contributed by atoms with van der Waals surface area (Å²) >= 11 is 0. The standard InChI is InChI=1S/C13H17N3O3S/c1-13(5-2-6-19-13)9-16-20(17,18)12-4-3-11(15)7-10(12)8-14/h3-4,7,16H,2,5-6,9,15H2,1H3. The van der Waals surface area contributed by atoms with E-state index in [1.165, 1.54) is 18.2 Å². The third-order valence-corrected chi connectivity index (χ3v) is 4.81. The van der Waals surface area contributed by atoms with Gasteiger partial charge in [0.1, 0.15) is 6.07 Å². The number of hydrogen-bond acceptors (Lipinski definition) is 5. The average molecular weight is 295 g/mol. The highest BCUT2D eigenvalue weighted by Crippen LogP contribution is 2.25. The molecule has 1 fully saturated rings. The maximum Gasteiger partial charge on any atom is 0.241 e. The number of ether oxygens (including phenoxy) is 1. The minimum Gasteiger partial charge on any atom is -0.399 e. The summed E-state index contributed by atoms with van der Waals surface area (Å²) < 4.78 is 32.6. The van der Waals surface area contributed by atoms with E-state index in [9.17, 15) is 8.42 Å². The molecule has 2 rings (SSSR count). The number of anilines is 1. The molecule has 0 spiro atoms. The highest BCUT2D eigenvalue weighted by atomic mass is 32.2. The van der Waals surface area contributed by atoms with Crippen molar-refractivity contribution in [3.05, 3.63) is 23.8 Å². The number of benzene rings is 1. The van der Waals surface area contributed by atoms with Gasteiger partial charge in [0.05, 0.1) is 16.1 Å². The Labute approximate surface area is 118 Å². The van der Waals surface area contributed by atoms with E-state index in [0.717, 1.165) is 12.8 Å². The fraction of sp³-hybridized carbons (Fsp3) is 0.462. The smallest absolute Gasteiger partial charge is 0.241 e. The fourth-order valence-electron chi connectivity index (χ4n) is 2.17. The maximum absolute atomic E-state index is 12.3. The van der Waals surface area contributed by atoms with Gasteiger partial charge in [-0.3, -0.25) is 0 Å². The van der Waals surface area contributed by atoms with Crippen molar-refractivity contribution in [3.8, 4) is 6.07 Å². The van der Waals surface area contributed by atoms with E-state index in [1.807, 2.05) is 13.0 Å². The molecule has 3 N–H and O–H groups in total. The number of hydrogen-bond donors (Lipinski definition) is 2. The zero-order valence-corrected chi connectivity index (χ0v) is 12.0. The second-order valence-electron chi connectivity index (χ2n) is 5.09. The maximum atomic E-state index is 12.3. The van der Waals surface area contributed by atoms with Crippen LogP contribution in [0.15, 0.2) is 23.1 Å². The second-order valence-corrected chi connectivity index (χ2v) is 6.83. The van der Waals surface area contributed by atoms with Gasteiger partial charge in [0.2, 0.25) is 10.0 Å². The van der Waals surface area contributed by atoms with Gasteiger partial charge in [-0.1, -0.05) is 0 Å². The molecule has 1 aromatic carbocycles. The minimum atomic E-state index is -3.75. The van der Waals surface area contributed by atoms with Gasteiger partial charge in [-0.25, -0.2) is 13.1 Å². The first-order chi connectivity index (χ1) is 9.36. The summed E-state index contributed by atoms with van der Waals surface area (Å²) in [6.07, 6.45) is 1.73. The van der Waals surface area contributed by atoms with Gasteiger partial charge in [0.25, 0.3) is 0 Å². The lowest BCUT2D eigenvalue weighted by Gasteiger charge is -2.23. The van der Waals surface area contributed by atoms with Crippen LogP contribution < -0.4 is 10.5 Å². The van der Waals surface area contributed by atoms with Crippen LogP contribution in [0.3, 0.4) is 0 Å². The number of nitrogens with zero attached hydrogens (tertiary/aromatic N) is 1. The molecule has 108 valence electrons. The predicted octanol–water partition coefficient (Wildman–Crippen LogP) is 0.988. The lowest BCUT2D eigenvalue weighted by Crippen LogP contribution is -2.40. The zero-order valence-electron chi connectivity index (χ0n) is 11.2. The molecule has 0 aromatic heterocycles. The van der Waals surface area contributed by atoms with Crippen molar-refractivity contribution in [2.75, 3.05) is 18.9 Å². The second kappa shape index (κ2) is 5.40. The Hall–Kier alpha value is -1.62. The lowest BCUT2D eigenvalue weighted by molar-refractivity contribution is 0.0250. The Morgan fingerprint density at radius 2 is 2.30 bits per heavy atom. The molecule has 20 heavy (non-hydrogen) atoms. The van der Waals surface area contributed by atoms with Gasteiger partial charge in [-0.05, 0) is 38.0 Å². The topological polar surface area (TPSA) is 105 Å². The number of nitrogens with two attached hydrogens (primary N) is 1. The Kier molecular flexibility index (Phi) is 3.99. The molecule has 1 aliphatic heterocycles. The van der Waals surface area contributed by atoms with Gasteiger partial charge in [-0.15, -0.1) is 0 Å². The summed E-state index contributed by atoms with van der Waals surface area (Å²) in [5.41, 5.74) is 5.47. The summed E-state index contributed by atoms with van der Waals surface area (Å²) in [5.74, 6) is 0. The van der Waals surface area contributed by atoms with Gasteiger partial charge in [0.15, 0.2) is 0 Å². The van der Waals surface area contributed by atoms with Crippen LogP contribution in [0.25, 0.3) is 0 Å². The number of rotatable bonds is 4. The Morgan fingerprint density at radius 3 is 2.90 bits per heavy atom. The first-order valence-electron chi connectivity index (χ1n) is 6.30. The van der Waals surface area contributed by atoms with E-state index in [2.05, 4.69) is 4.72 Å². The molecular formula is C13H17N3O3S. The molecular weight excluding hydrogens is 278 g/mol. The molecule has 0 saturated carbocycles. The van der Waals surface area contributed by atoms with Crippen LogP contribution in [0.1, 0.15) is 25.3 Å². The van der Waals surface area contributed by atoms with E-state index in [0.29, 0.717) is 12.3 Å². The van der Waals surface area contributed by atoms with Crippen molar-refractivity contribution in [2.45, 2.75) is 30.3 Å². The van der Waals surface area contributed by atoms with Gasteiger partial charge in [0, 0.05) is 18.8 Å². The van der Waals surface area contributed by atoms with E-state index in [-0.39, 0.29) is 17.0 Å². The van der Waals surface area contributed by atoms with E-state index < -0.39 is 15.6 Å².